The number of aliphatic hydroxyl groups excluding tert-OH is 2. The highest BCUT2D eigenvalue weighted by Crippen LogP contribution is 2.61. The van der Waals surface area contributed by atoms with E-state index in [1.807, 2.05) is 0 Å². The van der Waals surface area contributed by atoms with Gasteiger partial charge in [0.15, 0.2) is 17.4 Å². The van der Waals surface area contributed by atoms with E-state index in [4.69, 9.17) is 15.4 Å². The maximum Gasteiger partial charge on any atom is 0.280 e. The van der Waals surface area contributed by atoms with Crippen molar-refractivity contribution in [1.29, 1.82) is 0 Å². The number of imidazole rings is 1. The molecule has 4 rings (SSSR count). The molecule has 38 heavy (non-hydrogen) atoms. The van der Waals surface area contributed by atoms with Gasteiger partial charge in [-0.15, -0.1) is 0 Å². The van der Waals surface area contributed by atoms with Gasteiger partial charge in [0.05, 0.1) is 6.61 Å². The van der Waals surface area contributed by atoms with E-state index in [2.05, 4.69) is 28.1 Å². The number of phosphoric acid groups is 3. The molecule has 0 aliphatic carbocycles. The first kappa shape index (κ1) is 28.7. The van der Waals surface area contributed by atoms with E-state index >= 15 is 0 Å². The minimum absolute atomic E-state index is 0.0512. The summed E-state index contributed by atoms with van der Waals surface area (Å²) in [7, 11) is -18.0. The summed E-state index contributed by atoms with van der Waals surface area (Å²) < 4.78 is 51.5. The van der Waals surface area contributed by atoms with Crippen molar-refractivity contribution in [2.24, 2.45) is 0 Å². The van der Waals surface area contributed by atoms with E-state index in [1.165, 1.54) is 0 Å². The number of aliphatic hydroxyl groups is 2. The average molecular weight is 596 g/mol. The normalized spacial score (nSPS) is 26.6. The zero-order chi connectivity index (χ0) is 28.0. The summed E-state index contributed by atoms with van der Waals surface area (Å²) in [5.74, 6) is -0.259. The third kappa shape index (κ3) is 6.27. The maximum atomic E-state index is 12.4. The van der Waals surface area contributed by atoms with Crippen LogP contribution < -0.4 is 26.0 Å². The average Bonchev–Trinajstić information content (AvgIpc) is 3.28. The van der Waals surface area contributed by atoms with Crippen LogP contribution in [0.25, 0.3) is 22.6 Å². The van der Waals surface area contributed by atoms with Crippen molar-refractivity contribution < 1.29 is 61.4 Å². The van der Waals surface area contributed by atoms with Gasteiger partial charge in [0.25, 0.3) is 29.0 Å². The van der Waals surface area contributed by atoms with Crippen molar-refractivity contribution >= 4 is 40.6 Å². The van der Waals surface area contributed by atoms with Crippen LogP contribution in [0.1, 0.15) is 6.23 Å². The van der Waals surface area contributed by atoms with Gasteiger partial charge in [-0.3, -0.25) is 28.0 Å². The Bertz CT molecular complexity index is 1540. The number of nitrogens with two attached hydrogens (primary N) is 1. The predicted octanol–water partition coefficient (Wildman–Crippen LogP) is -2.56. The van der Waals surface area contributed by atoms with E-state index in [0.29, 0.717) is 5.56 Å². The molecule has 0 spiro atoms. The quantitative estimate of drug-likeness (QED) is 0.159. The Morgan fingerprint density at radius 2 is 1.71 bits per heavy atom. The SMILES string of the molecule is Nc1nc2c(nc(-c3ccccc3)n2[C@@H]2O[C@H](COP(=O)([O-])OP(=O)([O-])OP(=O)([O-])O)C(O)C2O)c(=O)[nH]1. The molecule has 3 aromatic rings. The van der Waals surface area contributed by atoms with E-state index in [1.54, 1.807) is 30.3 Å². The van der Waals surface area contributed by atoms with Crippen LogP contribution in [0.3, 0.4) is 0 Å². The number of benzene rings is 1. The van der Waals surface area contributed by atoms with Crippen LogP contribution in [-0.2, 0) is 31.6 Å². The lowest BCUT2D eigenvalue weighted by molar-refractivity contribution is -0.250. The van der Waals surface area contributed by atoms with E-state index in [9.17, 15) is 43.4 Å². The van der Waals surface area contributed by atoms with Gasteiger partial charge < -0.3 is 44.8 Å². The molecule has 2 aromatic heterocycles. The van der Waals surface area contributed by atoms with Crippen LogP contribution in [0.5, 0.6) is 0 Å². The number of aromatic nitrogens is 4. The molecule has 0 amide bonds. The summed E-state index contributed by atoms with van der Waals surface area (Å²) in [5, 5.41) is 21.2. The van der Waals surface area contributed by atoms with Gasteiger partial charge in [-0.1, -0.05) is 30.3 Å². The monoisotopic (exact) mass is 596 g/mol. The lowest BCUT2D eigenvalue weighted by atomic mass is 10.1. The Morgan fingerprint density at radius 3 is 2.34 bits per heavy atom. The first-order chi connectivity index (χ1) is 17.6. The van der Waals surface area contributed by atoms with Crippen LogP contribution >= 0.6 is 23.5 Å². The zero-order valence-electron chi connectivity index (χ0n) is 18.5. The summed E-state index contributed by atoms with van der Waals surface area (Å²) in [4.78, 5) is 65.1. The van der Waals surface area contributed by atoms with Gasteiger partial charge in [-0.05, 0) is 0 Å². The van der Waals surface area contributed by atoms with Gasteiger partial charge >= 0.3 is 0 Å². The number of phosphoric ester groups is 1. The van der Waals surface area contributed by atoms with Gasteiger partial charge in [-0.2, -0.15) is 4.98 Å². The van der Waals surface area contributed by atoms with Crippen molar-refractivity contribution in [2.75, 3.05) is 12.3 Å². The highest BCUT2D eigenvalue weighted by Gasteiger charge is 2.46. The molecule has 6 N–H and O–H groups in total. The largest absolute Gasteiger partial charge is 0.756 e. The number of ether oxygens (including phenoxy) is 1. The first-order valence-corrected chi connectivity index (χ1v) is 14.6. The summed E-state index contributed by atoms with van der Waals surface area (Å²) in [5.41, 5.74) is 4.98. The Hall–Kier alpha value is -2.34. The number of rotatable bonds is 9. The van der Waals surface area contributed by atoms with Gasteiger partial charge in [0.2, 0.25) is 5.95 Å². The van der Waals surface area contributed by atoms with E-state index < -0.39 is 60.2 Å². The minimum atomic E-state index is -6.15. The third-order valence-corrected chi connectivity index (χ3v) is 8.68. The lowest BCUT2D eigenvalue weighted by Crippen LogP contribution is -2.34. The topological polar surface area (TPSA) is 308 Å². The van der Waals surface area contributed by atoms with Gasteiger partial charge in [0, 0.05) is 5.56 Å². The molecule has 1 aliphatic heterocycles. The fourth-order valence-electron chi connectivity index (χ4n) is 3.56. The molecular formula is C16H17N5O14P3-3. The van der Waals surface area contributed by atoms with Crippen molar-refractivity contribution in [3.8, 4) is 11.4 Å². The number of hydrogen-bond donors (Lipinski definition) is 5. The second kappa shape index (κ2) is 10.3. The molecule has 1 aliphatic rings. The number of nitrogen functional groups attached to an aromatic ring is 1. The van der Waals surface area contributed by atoms with E-state index in [0.717, 1.165) is 4.57 Å². The van der Waals surface area contributed by atoms with Crippen LogP contribution in [0.4, 0.5) is 5.95 Å². The molecular weight excluding hydrogens is 579 g/mol. The van der Waals surface area contributed by atoms with Crippen molar-refractivity contribution in [1.82, 2.24) is 19.5 Å². The fourth-order valence-corrected chi connectivity index (χ4v) is 6.46. The zero-order valence-corrected chi connectivity index (χ0v) is 21.2. The summed E-state index contributed by atoms with van der Waals surface area (Å²) in [6, 6.07) is 8.21. The Labute approximate surface area is 210 Å². The molecule has 0 saturated carbocycles. The summed E-state index contributed by atoms with van der Waals surface area (Å²) >= 11 is 0. The highest BCUT2D eigenvalue weighted by atomic mass is 31.3. The van der Waals surface area contributed by atoms with Crippen LogP contribution in [0, 0.1) is 0 Å². The molecule has 5 unspecified atom stereocenters. The third-order valence-electron chi connectivity index (χ3n) is 4.99. The molecule has 0 radical (unpaired) electrons. The highest BCUT2D eigenvalue weighted by molar-refractivity contribution is 7.65. The van der Waals surface area contributed by atoms with Gasteiger partial charge in [0.1, 0.15) is 24.1 Å². The number of hydrogen-bond acceptors (Lipinski definition) is 16. The first-order valence-electron chi connectivity index (χ1n) is 10.1. The number of nitrogens with zero attached hydrogens (tertiary/aromatic N) is 3. The van der Waals surface area contributed by atoms with Crippen molar-refractivity contribution in [3.05, 3.63) is 40.7 Å². The molecule has 208 valence electrons. The number of anilines is 1. The molecule has 22 heteroatoms. The molecule has 1 fully saturated rings. The number of nitrogens with one attached hydrogen (secondary N) is 1. The molecule has 1 aromatic carbocycles. The smallest absolute Gasteiger partial charge is 0.280 e. The molecule has 7 atom stereocenters. The molecule has 19 nitrogen and oxygen atoms in total. The van der Waals surface area contributed by atoms with Crippen molar-refractivity contribution in [3.63, 3.8) is 0 Å². The number of aromatic amines is 1. The lowest BCUT2D eigenvalue weighted by Gasteiger charge is -2.33. The number of H-pyrrole nitrogens is 1. The van der Waals surface area contributed by atoms with Crippen LogP contribution in [0.15, 0.2) is 35.1 Å². The van der Waals surface area contributed by atoms with E-state index in [-0.39, 0.29) is 22.9 Å². The standard InChI is InChI=1S/C16H20N5O14P3/c17-16-19-13-9(14(24)20-16)18-12(7-4-2-1-3-5-7)21(13)15-11(23)10(22)8(33-15)6-32-37(28,29)35-38(30,31)34-36(25,26)27/h1-5,8,10-11,15,22-23H,6H2,(H,28,29)(H,30,31)(H2,25,26,27)(H3,17,19,20,24)/p-3/t8-,10?,11?,15-/m1/s1. The second-order valence-electron chi connectivity index (χ2n) is 7.66. The Morgan fingerprint density at radius 1 is 1.05 bits per heavy atom. The Balaban J connectivity index is 1.62. The number of fused-ring (bicyclic) bond motifs is 1. The second-order valence-corrected chi connectivity index (χ2v) is 12.0. The van der Waals surface area contributed by atoms with Crippen molar-refractivity contribution in [2.45, 2.75) is 24.5 Å². The maximum absolute atomic E-state index is 12.4. The summed E-state index contributed by atoms with van der Waals surface area (Å²) in [6.07, 6.45) is -6.85. The minimum Gasteiger partial charge on any atom is -0.756 e. The molecule has 1 saturated heterocycles. The predicted molar refractivity (Wildman–Crippen MR) is 117 cm³/mol. The Kier molecular flexibility index (Phi) is 7.79. The summed E-state index contributed by atoms with van der Waals surface area (Å²) in [6.45, 7) is -1.15. The van der Waals surface area contributed by atoms with Crippen LogP contribution in [0.2, 0.25) is 0 Å². The van der Waals surface area contributed by atoms with Gasteiger partial charge in [-0.25, -0.2) is 13.6 Å². The fraction of sp³-hybridized carbons (Fsp3) is 0.312. The molecule has 0 bridgehead atoms. The molecule has 3 heterocycles. The van der Waals surface area contributed by atoms with Crippen LogP contribution in [-0.4, -0.2) is 59.5 Å².